The second-order valence-corrected chi connectivity index (χ2v) is 4.45. The van der Waals surface area contributed by atoms with Crippen LogP contribution in [-0.4, -0.2) is 34.7 Å². The highest BCUT2D eigenvalue weighted by atomic mass is 35.5. The molecule has 9 heteroatoms. The molecular weight excluding hydrogens is 286 g/mol. The van der Waals surface area contributed by atoms with Crippen molar-refractivity contribution in [2.75, 3.05) is 6.54 Å². The van der Waals surface area contributed by atoms with E-state index in [0.29, 0.717) is 5.69 Å². The van der Waals surface area contributed by atoms with Gasteiger partial charge in [0, 0.05) is 18.5 Å². The number of nitrogens with zero attached hydrogens (tertiary/aromatic N) is 1. The Labute approximate surface area is 120 Å². The van der Waals surface area contributed by atoms with Gasteiger partial charge in [-0.3, -0.25) is 14.6 Å². The van der Waals surface area contributed by atoms with Crippen molar-refractivity contribution < 1.29 is 22.5 Å². The molecule has 1 amide bonds. The summed E-state index contributed by atoms with van der Waals surface area (Å²) in [5.41, 5.74) is 1.92. The van der Waals surface area contributed by atoms with Gasteiger partial charge in [-0.15, -0.1) is 0 Å². The Balaban J connectivity index is 0.00000200. The maximum Gasteiger partial charge on any atom is 0.325 e. The van der Waals surface area contributed by atoms with Crippen LogP contribution in [0.3, 0.4) is 0 Å². The van der Waals surface area contributed by atoms with Crippen molar-refractivity contribution in [3.8, 4) is 0 Å². The van der Waals surface area contributed by atoms with Crippen molar-refractivity contribution in [3.63, 3.8) is 0 Å². The molecule has 2 heterocycles. The van der Waals surface area contributed by atoms with E-state index < -0.39 is 11.2 Å². The summed E-state index contributed by atoms with van der Waals surface area (Å²) in [6.07, 6.45) is 3.08. The number of aromatic amines is 2. The maximum atomic E-state index is 11.7. The molecule has 0 bridgehead atoms. The first-order valence-electron chi connectivity index (χ1n) is 6.07. The summed E-state index contributed by atoms with van der Waals surface area (Å²) in [6.45, 7) is 2.53. The molecule has 1 fully saturated rings. The molecule has 1 aromatic heterocycles. The summed E-state index contributed by atoms with van der Waals surface area (Å²) in [7, 11) is 0. The fraction of sp³-hybridized carbons (Fsp3) is 0.455. The number of hydrazone groups is 1. The van der Waals surface area contributed by atoms with Gasteiger partial charge >= 0.3 is 5.69 Å². The number of halogens is 1. The highest BCUT2D eigenvalue weighted by Gasteiger charge is 2.25. The van der Waals surface area contributed by atoms with Gasteiger partial charge in [-0.05, 0) is 6.92 Å². The third-order valence-electron chi connectivity index (χ3n) is 3.05. The SMILES string of the molecule is Cc1[nH]c(=O)[nH]c(=O)c1C=NNC(=O)[C@@H]1CCC[NH2+]1.[Cl-]. The molecule has 8 nitrogen and oxygen atoms in total. The zero-order valence-corrected chi connectivity index (χ0v) is 11.7. The molecule has 2 rings (SSSR count). The van der Waals surface area contributed by atoms with Gasteiger partial charge < -0.3 is 22.7 Å². The molecule has 1 aliphatic heterocycles. The minimum absolute atomic E-state index is 0. The van der Waals surface area contributed by atoms with E-state index in [1.807, 2.05) is 5.32 Å². The fourth-order valence-corrected chi connectivity index (χ4v) is 2.02. The highest BCUT2D eigenvalue weighted by molar-refractivity contribution is 5.84. The third-order valence-corrected chi connectivity index (χ3v) is 3.05. The first kappa shape index (κ1) is 16.1. The number of carbonyl (C=O) groups is 1. The molecule has 0 aliphatic carbocycles. The molecule has 1 aromatic rings. The molecule has 0 unspecified atom stereocenters. The number of quaternary nitrogens is 1. The average molecular weight is 302 g/mol. The number of rotatable bonds is 3. The summed E-state index contributed by atoms with van der Waals surface area (Å²) in [5, 5.41) is 5.71. The molecule has 1 atom stereocenters. The van der Waals surface area contributed by atoms with Crippen molar-refractivity contribution in [1.29, 1.82) is 0 Å². The van der Waals surface area contributed by atoms with Crippen LogP contribution in [0.5, 0.6) is 0 Å². The first-order chi connectivity index (χ1) is 9.08. The van der Waals surface area contributed by atoms with E-state index in [-0.39, 0.29) is 29.9 Å². The summed E-state index contributed by atoms with van der Waals surface area (Å²) in [6, 6.07) is -0.105. The van der Waals surface area contributed by atoms with Crippen molar-refractivity contribution in [2.45, 2.75) is 25.8 Å². The lowest BCUT2D eigenvalue weighted by Gasteiger charge is -2.04. The predicted molar refractivity (Wildman–Crippen MR) is 68.0 cm³/mol. The van der Waals surface area contributed by atoms with Gasteiger partial charge in [0.1, 0.15) is 0 Å². The van der Waals surface area contributed by atoms with Crippen LogP contribution in [0.1, 0.15) is 24.1 Å². The van der Waals surface area contributed by atoms with Crippen molar-refractivity contribution in [2.24, 2.45) is 5.10 Å². The summed E-state index contributed by atoms with van der Waals surface area (Å²) in [4.78, 5) is 38.7. The van der Waals surface area contributed by atoms with E-state index in [2.05, 4.69) is 20.5 Å². The van der Waals surface area contributed by atoms with Crippen molar-refractivity contribution in [1.82, 2.24) is 15.4 Å². The minimum Gasteiger partial charge on any atom is -1.00 e. The molecule has 20 heavy (non-hydrogen) atoms. The van der Waals surface area contributed by atoms with Crippen LogP contribution in [0.2, 0.25) is 0 Å². The van der Waals surface area contributed by atoms with Gasteiger partial charge in [0.2, 0.25) is 0 Å². The number of H-pyrrole nitrogens is 2. The number of nitrogens with one attached hydrogen (secondary N) is 3. The van der Waals surface area contributed by atoms with E-state index in [9.17, 15) is 14.4 Å². The van der Waals surface area contributed by atoms with Gasteiger partial charge in [0.05, 0.1) is 18.3 Å². The van der Waals surface area contributed by atoms with Gasteiger partial charge in [0.25, 0.3) is 11.5 Å². The Morgan fingerprint density at radius 2 is 2.20 bits per heavy atom. The molecular formula is C11H16ClN5O3. The van der Waals surface area contributed by atoms with E-state index in [0.717, 1.165) is 19.4 Å². The Hall–Kier alpha value is -1.93. The van der Waals surface area contributed by atoms with Crippen LogP contribution in [0.25, 0.3) is 0 Å². The molecule has 0 spiro atoms. The normalized spacial score (nSPS) is 17.9. The van der Waals surface area contributed by atoms with Crippen LogP contribution in [-0.2, 0) is 4.79 Å². The molecule has 0 saturated carbocycles. The Morgan fingerprint density at radius 3 is 2.80 bits per heavy atom. The Bertz CT molecular complexity index is 615. The number of amides is 1. The van der Waals surface area contributed by atoms with Crippen molar-refractivity contribution in [3.05, 3.63) is 32.1 Å². The molecule has 5 N–H and O–H groups in total. The third kappa shape index (κ3) is 3.78. The molecule has 1 saturated heterocycles. The smallest absolute Gasteiger partial charge is 0.325 e. The minimum atomic E-state index is -0.566. The largest absolute Gasteiger partial charge is 1.00 e. The number of hydrogen-bond acceptors (Lipinski definition) is 4. The van der Waals surface area contributed by atoms with Gasteiger partial charge in [-0.2, -0.15) is 5.10 Å². The van der Waals surface area contributed by atoms with Crippen LogP contribution in [0, 0.1) is 6.92 Å². The van der Waals surface area contributed by atoms with E-state index in [4.69, 9.17) is 0 Å². The van der Waals surface area contributed by atoms with Crippen LogP contribution in [0.15, 0.2) is 14.7 Å². The number of nitrogens with two attached hydrogens (primary N) is 1. The number of carbonyl (C=O) groups excluding carboxylic acids is 1. The lowest BCUT2D eigenvalue weighted by atomic mass is 10.2. The quantitative estimate of drug-likeness (QED) is 0.329. The molecule has 0 radical (unpaired) electrons. The van der Waals surface area contributed by atoms with Gasteiger partial charge in [-0.1, -0.05) is 0 Å². The zero-order chi connectivity index (χ0) is 13.8. The van der Waals surface area contributed by atoms with E-state index in [1.54, 1.807) is 6.92 Å². The first-order valence-corrected chi connectivity index (χ1v) is 6.07. The van der Waals surface area contributed by atoms with E-state index >= 15 is 0 Å². The Morgan fingerprint density at radius 1 is 1.45 bits per heavy atom. The highest BCUT2D eigenvalue weighted by Crippen LogP contribution is 1.97. The van der Waals surface area contributed by atoms with Crippen LogP contribution >= 0.6 is 0 Å². The number of aromatic nitrogens is 2. The van der Waals surface area contributed by atoms with Crippen LogP contribution < -0.4 is 34.4 Å². The summed E-state index contributed by atoms with van der Waals surface area (Å²) in [5.74, 6) is -0.174. The lowest BCUT2D eigenvalue weighted by molar-refractivity contribution is -0.657. The second-order valence-electron chi connectivity index (χ2n) is 4.45. The number of hydrogen-bond donors (Lipinski definition) is 4. The molecule has 110 valence electrons. The van der Waals surface area contributed by atoms with Gasteiger partial charge in [-0.25, -0.2) is 10.2 Å². The summed E-state index contributed by atoms with van der Waals surface area (Å²) < 4.78 is 0. The maximum absolute atomic E-state index is 11.7. The van der Waals surface area contributed by atoms with Crippen LogP contribution in [0.4, 0.5) is 0 Å². The standard InChI is InChI=1S/C11H15N5O3.ClH/c1-6-7(9(17)15-11(19)14-6)5-13-16-10(18)8-3-2-4-12-8;/h5,8,12H,2-4H2,1H3,(H,16,18)(H2,14,15,17,19);1H/t8-;/m0./s1. The second kappa shape index (κ2) is 7.01. The lowest BCUT2D eigenvalue weighted by Crippen LogP contribution is -3.00. The number of aryl methyl sites for hydroxylation is 1. The Kier molecular flexibility index (Phi) is 5.66. The predicted octanol–water partition coefficient (Wildman–Crippen LogP) is -5.45. The average Bonchev–Trinajstić information content (AvgIpc) is 2.85. The molecule has 0 aromatic carbocycles. The fourth-order valence-electron chi connectivity index (χ4n) is 2.02. The zero-order valence-electron chi connectivity index (χ0n) is 10.9. The monoisotopic (exact) mass is 301 g/mol. The van der Waals surface area contributed by atoms with E-state index in [1.165, 1.54) is 6.21 Å². The summed E-state index contributed by atoms with van der Waals surface area (Å²) >= 11 is 0. The molecule has 1 aliphatic rings. The topological polar surface area (TPSA) is 124 Å². The van der Waals surface area contributed by atoms with Gasteiger partial charge in [0.15, 0.2) is 6.04 Å². The van der Waals surface area contributed by atoms with Crippen molar-refractivity contribution >= 4 is 12.1 Å².